The number of hydrogen-bond acceptors (Lipinski definition) is 2. The summed E-state index contributed by atoms with van der Waals surface area (Å²) in [6.07, 6.45) is 0. The van der Waals surface area contributed by atoms with E-state index in [1.54, 1.807) is 12.1 Å². The van der Waals surface area contributed by atoms with E-state index >= 15 is 0 Å². The lowest BCUT2D eigenvalue weighted by Gasteiger charge is -2.28. The van der Waals surface area contributed by atoms with Crippen LogP contribution < -0.4 is 9.80 Å². The minimum atomic E-state index is 0.576. The quantitative estimate of drug-likeness (QED) is 0.161. The number of fused-ring (bicyclic) bond motifs is 2. The Kier molecular flexibility index (Phi) is 8.87. The van der Waals surface area contributed by atoms with Crippen molar-refractivity contribution in [2.45, 2.75) is 0 Å². The van der Waals surface area contributed by atoms with Gasteiger partial charge in [-0.1, -0.05) is 143 Å². The second-order valence-corrected chi connectivity index (χ2v) is 13.8. The van der Waals surface area contributed by atoms with Crippen LogP contribution in [0.5, 0.6) is 0 Å². The lowest BCUT2D eigenvalue weighted by atomic mass is 10.0. The number of anilines is 6. The molecule has 0 heterocycles. The van der Waals surface area contributed by atoms with Crippen molar-refractivity contribution in [3.05, 3.63) is 190 Å². The van der Waals surface area contributed by atoms with Crippen molar-refractivity contribution in [2.75, 3.05) is 9.80 Å². The van der Waals surface area contributed by atoms with Gasteiger partial charge >= 0.3 is 0 Å². The molecule has 0 saturated heterocycles. The summed E-state index contributed by atoms with van der Waals surface area (Å²) in [5.41, 5.74) is 7.98. The summed E-state index contributed by atoms with van der Waals surface area (Å²) in [5, 5.41) is 6.86. The van der Waals surface area contributed by atoms with Gasteiger partial charge in [0.15, 0.2) is 0 Å². The Morgan fingerprint density at radius 3 is 1.02 bits per heavy atom. The molecular formula is C44H28Cl4N2. The van der Waals surface area contributed by atoms with Gasteiger partial charge in [0.2, 0.25) is 0 Å². The number of benzene rings is 8. The fourth-order valence-corrected chi connectivity index (χ4v) is 7.63. The van der Waals surface area contributed by atoms with Gasteiger partial charge in [0.25, 0.3) is 0 Å². The summed E-state index contributed by atoms with van der Waals surface area (Å²) in [6, 6.07) is 57.8. The van der Waals surface area contributed by atoms with Gasteiger partial charge in [-0.15, -0.1) is 0 Å². The van der Waals surface area contributed by atoms with E-state index in [9.17, 15) is 0 Å². The maximum Gasteiger partial charge on any atom is 0.0540 e. The van der Waals surface area contributed by atoms with E-state index < -0.39 is 0 Å². The van der Waals surface area contributed by atoms with Crippen molar-refractivity contribution in [3.8, 4) is 11.1 Å². The highest BCUT2D eigenvalue weighted by atomic mass is 35.5. The molecule has 0 unspecified atom stereocenters. The molecule has 8 rings (SSSR count). The Labute approximate surface area is 311 Å². The van der Waals surface area contributed by atoms with Crippen molar-refractivity contribution in [1.29, 1.82) is 0 Å². The number of hydrogen-bond donors (Lipinski definition) is 0. The van der Waals surface area contributed by atoms with Crippen molar-refractivity contribution in [2.24, 2.45) is 0 Å². The molecule has 0 spiro atoms. The Bertz CT molecular complexity index is 2270. The van der Waals surface area contributed by atoms with Crippen LogP contribution in [0.25, 0.3) is 32.7 Å². The fraction of sp³-hybridized carbons (Fsp3) is 0. The summed E-state index contributed by atoms with van der Waals surface area (Å²) in [7, 11) is 0. The van der Waals surface area contributed by atoms with Crippen LogP contribution in [-0.4, -0.2) is 0 Å². The van der Waals surface area contributed by atoms with Crippen LogP contribution in [0.3, 0.4) is 0 Å². The van der Waals surface area contributed by atoms with Crippen molar-refractivity contribution in [3.63, 3.8) is 0 Å². The third-order valence-electron chi connectivity index (χ3n) is 8.81. The molecule has 0 bridgehead atoms. The second-order valence-electron chi connectivity index (χ2n) is 12.0. The van der Waals surface area contributed by atoms with Gasteiger partial charge in [0, 0.05) is 53.6 Å². The highest BCUT2D eigenvalue weighted by Gasteiger charge is 2.19. The zero-order chi connectivity index (χ0) is 34.2. The molecule has 6 heteroatoms. The monoisotopic (exact) mass is 724 g/mol. The second kappa shape index (κ2) is 13.7. The maximum atomic E-state index is 6.52. The lowest BCUT2D eigenvalue weighted by Crippen LogP contribution is -2.11. The van der Waals surface area contributed by atoms with Gasteiger partial charge in [0.1, 0.15) is 0 Å². The van der Waals surface area contributed by atoms with Crippen LogP contribution in [0.4, 0.5) is 34.1 Å². The van der Waals surface area contributed by atoms with Gasteiger partial charge in [-0.3, -0.25) is 0 Å². The molecule has 0 fully saturated rings. The number of halogens is 4. The SMILES string of the molecule is Clc1cc(Cl)cc(N(c2ccc(-c3ccc(N(c4cc(Cl)cc(Cl)c4)c4cccc5ccccc45)cc3)cc2)c2cccc3ccccc23)c1. The summed E-state index contributed by atoms with van der Waals surface area (Å²) in [6.45, 7) is 0. The molecule has 0 aliphatic heterocycles. The topological polar surface area (TPSA) is 6.48 Å². The fourth-order valence-electron chi connectivity index (χ4n) is 6.60. The highest BCUT2D eigenvalue weighted by Crippen LogP contribution is 2.43. The molecular weight excluding hydrogens is 698 g/mol. The molecule has 0 radical (unpaired) electrons. The van der Waals surface area contributed by atoms with Crippen molar-refractivity contribution in [1.82, 2.24) is 0 Å². The third-order valence-corrected chi connectivity index (χ3v) is 9.68. The van der Waals surface area contributed by atoms with Crippen LogP contribution in [-0.2, 0) is 0 Å². The van der Waals surface area contributed by atoms with Gasteiger partial charge in [-0.25, -0.2) is 0 Å². The average Bonchev–Trinajstić information content (AvgIpc) is 3.12. The predicted octanol–water partition coefficient (Wildman–Crippen LogP) is 15.2. The van der Waals surface area contributed by atoms with E-state index in [1.807, 2.05) is 24.3 Å². The molecule has 2 nitrogen and oxygen atoms in total. The molecule has 0 aliphatic rings. The van der Waals surface area contributed by atoms with Crippen molar-refractivity contribution >= 4 is 102 Å². The van der Waals surface area contributed by atoms with E-state index in [-0.39, 0.29) is 0 Å². The van der Waals surface area contributed by atoms with E-state index in [4.69, 9.17) is 46.4 Å². The number of rotatable bonds is 7. The Balaban J connectivity index is 1.18. The number of nitrogens with zero attached hydrogens (tertiary/aromatic N) is 2. The lowest BCUT2D eigenvalue weighted by molar-refractivity contribution is 1.29. The van der Waals surface area contributed by atoms with Crippen LogP contribution in [0.1, 0.15) is 0 Å². The van der Waals surface area contributed by atoms with Crippen LogP contribution in [0, 0.1) is 0 Å². The van der Waals surface area contributed by atoms with Gasteiger partial charge in [0.05, 0.1) is 11.4 Å². The summed E-state index contributed by atoms with van der Waals surface area (Å²) >= 11 is 26.1. The Hall–Kier alpha value is -4.96. The van der Waals surface area contributed by atoms with E-state index in [0.29, 0.717) is 20.1 Å². The molecule has 0 aliphatic carbocycles. The highest BCUT2D eigenvalue weighted by molar-refractivity contribution is 6.35. The van der Waals surface area contributed by atoms with Crippen LogP contribution in [0.15, 0.2) is 170 Å². The average molecular weight is 727 g/mol. The molecule has 8 aromatic carbocycles. The molecule has 50 heavy (non-hydrogen) atoms. The van der Waals surface area contributed by atoms with Gasteiger partial charge in [-0.05, 0) is 94.7 Å². The van der Waals surface area contributed by atoms with Gasteiger partial charge in [-0.2, -0.15) is 0 Å². The zero-order valence-electron chi connectivity index (χ0n) is 26.6. The molecule has 8 aromatic rings. The summed E-state index contributed by atoms with van der Waals surface area (Å²) in [5.74, 6) is 0. The third kappa shape index (κ3) is 6.40. The molecule has 0 N–H and O–H groups in total. The minimum Gasteiger partial charge on any atom is -0.310 e. The minimum absolute atomic E-state index is 0.576. The summed E-state index contributed by atoms with van der Waals surface area (Å²) in [4.78, 5) is 4.40. The van der Waals surface area contributed by atoms with Crippen LogP contribution >= 0.6 is 46.4 Å². The molecule has 242 valence electrons. The largest absolute Gasteiger partial charge is 0.310 e. The van der Waals surface area contributed by atoms with Crippen LogP contribution in [0.2, 0.25) is 20.1 Å². The first kappa shape index (κ1) is 32.3. The normalized spacial score (nSPS) is 11.2. The molecule has 0 amide bonds. The Morgan fingerprint density at radius 2 is 0.640 bits per heavy atom. The standard InChI is InChI=1S/C44H28Cl4N2/c45-33-23-34(46)26-39(25-33)49(43-13-5-9-31-7-1-3-11-41(31)43)37-19-15-29(16-20-37)30-17-21-38(22-18-30)50(40-27-35(47)24-36(48)28-40)44-14-6-10-32-8-2-4-12-42(32)44/h1-28H. The smallest absolute Gasteiger partial charge is 0.0540 e. The molecule has 0 aromatic heterocycles. The van der Waals surface area contributed by atoms with Gasteiger partial charge < -0.3 is 9.80 Å². The predicted molar refractivity (Wildman–Crippen MR) is 216 cm³/mol. The first-order valence-electron chi connectivity index (χ1n) is 16.1. The van der Waals surface area contributed by atoms with Crippen molar-refractivity contribution < 1.29 is 0 Å². The van der Waals surface area contributed by atoms with E-state index in [2.05, 4.69) is 143 Å². The molecule has 0 saturated carbocycles. The zero-order valence-corrected chi connectivity index (χ0v) is 29.6. The molecule has 0 atom stereocenters. The Morgan fingerprint density at radius 1 is 0.300 bits per heavy atom. The van der Waals surface area contributed by atoms with E-state index in [1.165, 1.54) is 0 Å². The first-order chi connectivity index (χ1) is 24.4. The summed E-state index contributed by atoms with van der Waals surface area (Å²) < 4.78 is 0. The van der Waals surface area contributed by atoms with E-state index in [0.717, 1.165) is 66.8 Å². The maximum absolute atomic E-state index is 6.52. The first-order valence-corrected chi connectivity index (χ1v) is 17.6.